The Balaban J connectivity index is 1.97. The minimum absolute atomic E-state index is 0.254. The topological polar surface area (TPSA) is 95.9 Å². The molecule has 0 unspecified atom stereocenters. The molecule has 1 atom stereocenters. The zero-order chi connectivity index (χ0) is 15.9. The van der Waals surface area contributed by atoms with Crippen LogP contribution in [-0.2, 0) is 9.59 Å². The highest BCUT2D eigenvalue weighted by atomic mass is 16.5. The average molecular weight is 306 g/mol. The molecule has 0 bridgehead atoms. The molecule has 3 amide bonds. The maximum Gasteiger partial charge on any atom is 0.405 e. The summed E-state index contributed by atoms with van der Waals surface area (Å²) in [4.78, 5) is 36.2. The number of hydrogen-bond acceptors (Lipinski definition) is 4. The number of ether oxygens (including phenoxy) is 1. The Morgan fingerprint density at radius 3 is 2.68 bits per heavy atom. The zero-order valence-electron chi connectivity index (χ0n) is 12.0. The van der Waals surface area contributed by atoms with Gasteiger partial charge in [0.15, 0.2) is 6.61 Å². The first-order valence-corrected chi connectivity index (χ1v) is 7.09. The van der Waals surface area contributed by atoms with Crippen LogP contribution in [0.4, 0.5) is 4.79 Å². The lowest BCUT2D eigenvalue weighted by molar-refractivity contribution is -0.146. The number of imide groups is 1. The third-order valence-corrected chi connectivity index (χ3v) is 3.39. The van der Waals surface area contributed by atoms with E-state index in [9.17, 15) is 14.4 Å². The monoisotopic (exact) mass is 306 g/mol. The van der Waals surface area contributed by atoms with E-state index in [1.165, 1.54) is 0 Å². The number of amides is 3. The average Bonchev–Trinajstić information content (AvgIpc) is 2.68. The predicted molar refractivity (Wildman–Crippen MR) is 77.5 cm³/mol. The summed E-state index contributed by atoms with van der Waals surface area (Å²) in [5.74, 6) is -0.437. The molecular weight excluding hydrogens is 288 g/mol. The van der Waals surface area contributed by atoms with E-state index in [-0.39, 0.29) is 13.2 Å². The molecule has 1 aromatic carbocycles. The second-order valence-corrected chi connectivity index (χ2v) is 4.98. The van der Waals surface area contributed by atoms with E-state index in [1.807, 2.05) is 6.07 Å². The number of carbonyl (C=O) groups excluding carboxylic acids is 2. The Labute approximate surface area is 127 Å². The van der Waals surface area contributed by atoms with Crippen LogP contribution in [0.1, 0.15) is 19.3 Å². The molecule has 0 radical (unpaired) electrons. The first-order valence-electron chi connectivity index (χ1n) is 7.09. The van der Waals surface area contributed by atoms with Crippen LogP contribution >= 0.6 is 0 Å². The van der Waals surface area contributed by atoms with Crippen molar-refractivity contribution in [2.24, 2.45) is 0 Å². The van der Waals surface area contributed by atoms with E-state index in [4.69, 9.17) is 9.84 Å². The smallest absolute Gasteiger partial charge is 0.405 e. The maximum absolute atomic E-state index is 12.3. The summed E-state index contributed by atoms with van der Waals surface area (Å²) in [6.07, 6.45) is 0.461. The van der Waals surface area contributed by atoms with Crippen LogP contribution in [0.2, 0.25) is 0 Å². The molecule has 2 rings (SSSR count). The summed E-state index contributed by atoms with van der Waals surface area (Å²) >= 11 is 0. The molecule has 7 nitrogen and oxygen atoms in total. The van der Waals surface area contributed by atoms with Gasteiger partial charge in [0, 0.05) is 6.54 Å². The minimum Gasteiger partial charge on any atom is -0.484 e. The molecule has 0 spiro atoms. The van der Waals surface area contributed by atoms with E-state index in [1.54, 1.807) is 24.3 Å². The number of carboxylic acid groups (broad SMARTS) is 1. The Morgan fingerprint density at radius 1 is 1.27 bits per heavy atom. The fraction of sp³-hybridized carbons (Fsp3) is 0.400. The van der Waals surface area contributed by atoms with Gasteiger partial charge < -0.3 is 15.2 Å². The van der Waals surface area contributed by atoms with Gasteiger partial charge >= 0.3 is 6.09 Å². The normalized spacial score (nSPS) is 18.5. The number of hydrogen-bond donors (Lipinski definition) is 2. The van der Waals surface area contributed by atoms with Crippen molar-refractivity contribution in [2.75, 3.05) is 13.2 Å². The number of rotatable bonds is 4. The summed E-state index contributed by atoms with van der Waals surface area (Å²) in [7, 11) is 0. The first-order chi connectivity index (χ1) is 10.6. The van der Waals surface area contributed by atoms with E-state index in [2.05, 4.69) is 5.32 Å². The van der Waals surface area contributed by atoms with Gasteiger partial charge in [-0.25, -0.2) is 4.79 Å². The molecule has 0 aliphatic carbocycles. The highest BCUT2D eigenvalue weighted by Gasteiger charge is 2.31. The maximum atomic E-state index is 12.3. The molecule has 7 heteroatoms. The summed E-state index contributed by atoms with van der Waals surface area (Å²) in [5, 5.41) is 10.9. The molecular formula is C15H18N2O5. The molecule has 118 valence electrons. The van der Waals surface area contributed by atoms with Gasteiger partial charge in [-0.2, -0.15) is 0 Å². The quantitative estimate of drug-likeness (QED) is 0.872. The number of benzene rings is 1. The van der Waals surface area contributed by atoms with Crippen molar-refractivity contribution in [1.82, 2.24) is 10.2 Å². The molecule has 1 aliphatic rings. The molecule has 2 N–H and O–H groups in total. The van der Waals surface area contributed by atoms with Crippen molar-refractivity contribution in [3.63, 3.8) is 0 Å². The second kappa shape index (κ2) is 7.44. The van der Waals surface area contributed by atoms with E-state index in [0.717, 1.165) is 4.90 Å². The molecule has 1 heterocycles. The van der Waals surface area contributed by atoms with E-state index >= 15 is 0 Å². The molecule has 1 saturated heterocycles. The third-order valence-electron chi connectivity index (χ3n) is 3.39. The van der Waals surface area contributed by atoms with Crippen LogP contribution in [0.5, 0.6) is 5.75 Å². The van der Waals surface area contributed by atoms with Gasteiger partial charge in [0.25, 0.3) is 11.8 Å². The van der Waals surface area contributed by atoms with Crippen molar-refractivity contribution in [3.8, 4) is 5.75 Å². The van der Waals surface area contributed by atoms with Gasteiger partial charge in [-0.1, -0.05) is 18.2 Å². The van der Waals surface area contributed by atoms with E-state index < -0.39 is 23.9 Å². The second-order valence-electron chi connectivity index (χ2n) is 4.98. The lowest BCUT2D eigenvalue weighted by Gasteiger charge is -2.22. The van der Waals surface area contributed by atoms with Crippen LogP contribution in [-0.4, -0.2) is 47.1 Å². The Hall–Kier alpha value is -2.57. The van der Waals surface area contributed by atoms with Crippen LogP contribution < -0.4 is 10.1 Å². The summed E-state index contributed by atoms with van der Waals surface area (Å²) in [6, 6.07) is 7.95. The molecule has 1 aliphatic heterocycles. The summed E-state index contributed by atoms with van der Waals surface area (Å²) < 4.78 is 5.35. The van der Waals surface area contributed by atoms with Gasteiger partial charge in [-0.05, 0) is 31.4 Å². The highest BCUT2D eigenvalue weighted by Crippen LogP contribution is 2.14. The number of nitrogens with zero attached hydrogens (tertiary/aromatic N) is 1. The van der Waals surface area contributed by atoms with Gasteiger partial charge in [-0.15, -0.1) is 0 Å². The van der Waals surface area contributed by atoms with Crippen LogP contribution in [0.15, 0.2) is 30.3 Å². The fourth-order valence-electron chi connectivity index (χ4n) is 2.31. The van der Waals surface area contributed by atoms with Crippen molar-refractivity contribution < 1.29 is 24.2 Å². The Morgan fingerprint density at radius 2 is 2.00 bits per heavy atom. The SMILES string of the molecule is O=C(O)N[C@H]1CCCCN(C(=O)COc2ccccc2)C1=O. The largest absolute Gasteiger partial charge is 0.484 e. The highest BCUT2D eigenvalue weighted by molar-refractivity contribution is 5.99. The van der Waals surface area contributed by atoms with Gasteiger partial charge in [-0.3, -0.25) is 14.5 Å². The number of carbonyl (C=O) groups is 3. The van der Waals surface area contributed by atoms with Gasteiger partial charge in [0.2, 0.25) is 0 Å². The third kappa shape index (κ3) is 4.21. The molecule has 1 fully saturated rings. The number of nitrogens with one attached hydrogen (secondary N) is 1. The molecule has 1 aromatic rings. The molecule has 0 saturated carbocycles. The number of para-hydroxylation sites is 1. The Bertz CT molecular complexity index is 546. The zero-order valence-corrected chi connectivity index (χ0v) is 12.0. The Kier molecular flexibility index (Phi) is 5.35. The van der Waals surface area contributed by atoms with E-state index in [0.29, 0.717) is 25.0 Å². The van der Waals surface area contributed by atoms with Crippen molar-refractivity contribution in [2.45, 2.75) is 25.3 Å². The van der Waals surface area contributed by atoms with Crippen LogP contribution in [0.25, 0.3) is 0 Å². The minimum atomic E-state index is -1.27. The van der Waals surface area contributed by atoms with Crippen LogP contribution in [0, 0.1) is 0 Å². The summed E-state index contributed by atoms with van der Waals surface area (Å²) in [6.45, 7) is 0.0309. The summed E-state index contributed by atoms with van der Waals surface area (Å²) in [5.41, 5.74) is 0. The van der Waals surface area contributed by atoms with Gasteiger partial charge in [0.1, 0.15) is 11.8 Å². The van der Waals surface area contributed by atoms with Gasteiger partial charge in [0.05, 0.1) is 0 Å². The first kappa shape index (κ1) is 15.8. The fourth-order valence-corrected chi connectivity index (χ4v) is 2.31. The molecule has 0 aromatic heterocycles. The predicted octanol–water partition coefficient (Wildman–Crippen LogP) is 1.24. The van der Waals surface area contributed by atoms with Crippen LogP contribution in [0.3, 0.4) is 0 Å². The lowest BCUT2D eigenvalue weighted by Crippen LogP contribution is -2.50. The van der Waals surface area contributed by atoms with Crippen molar-refractivity contribution in [3.05, 3.63) is 30.3 Å². The molecule has 22 heavy (non-hydrogen) atoms. The standard InChI is InChI=1S/C15H18N2O5/c18-13(10-22-11-6-2-1-3-7-11)17-9-5-4-8-12(14(17)19)16-15(20)21/h1-3,6-7,12,16H,4-5,8-10H2,(H,20,21)/t12-/m0/s1. The number of likely N-dealkylation sites (tertiary alicyclic amines) is 1. The lowest BCUT2D eigenvalue weighted by atomic mass is 10.1. The van der Waals surface area contributed by atoms with Crippen molar-refractivity contribution >= 4 is 17.9 Å². The van der Waals surface area contributed by atoms with Crippen molar-refractivity contribution in [1.29, 1.82) is 0 Å².